The lowest BCUT2D eigenvalue weighted by Crippen LogP contribution is -2.15. The van der Waals surface area contributed by atoms with Crippen LogP contribution in [0.3, 0.4) is 0 Å². The van der Waals surface area contributed by atoms with E-state index in [1.54, 1.807) is 0 Å². The van der Waals surface area contributed by atoms with Crippen molar-refractivity contribution < 1.29 is 0 Å². The molecule has 0 aliphatic carbocycles. The van der Waals surface area contributed by atoms with Gasteiger partial charge in [0.2, 0.25) is 0 Å². The molecule has 0 aliphatic heterocycles. The number of hydrogen-bond donors (Lipinski definition) is 0. The van der Waals surface area contributed by atoms with Crippen LogP contribution in [0.1, 0.15) is 38.8 Å². The summed E-state index contributed by atoms with van der Waals surface area (Å²) >= 11 is 0. The minimum atomic E-state index is 1.08. The van der Waals surface area contributed by atoms with Crippen LogP contribution in [0.25, 0.3) is 88.3 Å². The van der Waals surface area contributed by atoms with Crippen molar-refractivity contribution >= 4 is 71.6 Å². The molecular formula is C62H54N4. The zero-order chi connectivity index (χ0) is 45.3. The molecule has 8 aromatic carbocycles. The van der Waals surface area contributed by atoms with Crippen LogP contribution in [0.5, 0.6) is 0 Å². The van der Waals surface area contributed by atoms with Crippen LogP contribution in [-0.2, 0) is 0 Å². The van der Waals surface area contributed by atoms with Crippen LogP contribution < -0.4 is 4.90 Å². The molecule has 0 spiro atoms. The van der Waals surface area contributed by atoms with Crippen LogP contribution in [0.2, 0.25) is 0 Å². The Labute approximate surface area is 387 Å². The van der Waals surface area contributed by atoms with E-state index < -0.39 is 0 Å². The maximum absolute atomic E-state index is 2.49. The Hall–Kier alpha value is -8.08. The smallest absolute Gasteiger partial charge is 0.126 e. The van der Waals surface area contributed by atoms with E-state index in [0.29, 0.717) is 0 Å². The van der Waals surface area contributed by atoms with Gasteiger partial charge in [-0.05, 0) is 104 Å². The highest BCUT2D eigenvalue weighted by molar-refractivity contribution is 6.24. The van der Waals surface area contributed by atoms with Gasteiger partial charge in [0.25, 0.3) is 0 Å². The average Bonchev–Trinajstić information content (AvgIpc) is 4.03. The van der Waals surface area contributed by atoms with E-state index in [0.717, 1.165) is 34.1 Å². The van der Waals surface area contributed by atoms with E-state index in [-0.39, 0.29) is 0 Å². The first-order valence-electron chi connectivity index (χ1n) is 23.2. The van der Waals surface area contributed by atoms with Gasteiger partial charge in [0, 0.05) is 62.3 Å². The minimum Gasteiger partial charge on any atom is -0.330 e. The number of rotatable bonds is 9. The van der Waals surface area contributed by atoms with E-state index >= 15 is 0 Å². The molecule has 0 amide bonds. The van der Waals surface area contributed by atoms with Gasteiger partial charge in [0.15, 0.2) is 0 Å². The molecule has 322 valence electrons. The SMILES string of the molecule is CC.C\C=C/C=C\C(=C\C)c1cc(-n2c(N(C)c3cccc(-n4c5ccccc5c5ccc6c7ccccc7n(-c7ccccc7)c6c54)c3)c(-c3ccccc3)c3ccccc32)ccc1C. The second kappa shape index (κ2) is 17.8. The van der Waals surface area contributed by atoms with Gasteiger partial charge >= 0.3 is 0 Å². The topological polar surface area (TPSA) is 18.0 Å². The van der Waals surface area contributed by atoms with Crippen molar-refractivity contribution in [3.05, 3.63) is 230 Å². The number of benzene rings is 8. The van der Waals surface area contributed by atoms with Crippen molar-refractivity contribution in [3.63, 3.8) is 0 Å². The minimum absolute atomic E-state index is 1.08. The third-order valence-corrected chi connectivity index (χ3v) is 12.9. The Morgan fingerprint density at radius 3 is 1.62 bits per heavy atom. The molecule has 4 heteroatoms. The zero-order valence-corrected chi connectivity index (χ0v) is 38.6. The number of aryl methyl sites for hydroxylation is 1. The first-order chi connectivity index (χ1) is 32.6. The van der Waals surface area contributed by atoms with Crippen LogP contribution in [0.4, 0.5) is 11.5 Å². The maximum Gasteiger partial charge on any atom is 0.126 e. The summed E-state index contributed by atoms with van der Waals surface area (Å²) in [4.78, 5) is 2.39. The lowest BCUT2D eigenvalue weighted by atomic mass is 9.99. The normalized spacial score (nSPS) is 12.1. The molecule has 0 saturated carbocycles. The highest BCUT2D eigenvalue weighted by atomic mass is 15.2. The summed E-state index contributed by atoms with van der Waals surface area (Å²) in [7, 11) is 2.22. The molecule has 0 saturated heterocycles. The predicted octanol–water partition coefficient (Wildman–Crippen LogP) is 17.1. The van der Waals surface area contributed by atoms with E-state index in [1.807, 2.05) is 20.8 Å². The van der Waals surface area contributed by atoms with Crippen molar-refractivity contribution in [2.45, 2.75) is 34.6 Å². The van der Waals surface area contributed by atoms with Gasteiger partial charge in [-0.2, -0.15) is 0 Å². The Bertz CT molecular complexity index is 3650. The van der Waals surface area contributed by atoms with E-state index in [4.69, 9.17) is 0 Å². The Balaban J connectivity index is 0.00000252. The predicted molar refractivity (Wildman–Crippen MR) is 286 cm³/mol. The maximum atomic E-state index is 2.49. The summed E-state index contributed by atoms with van der Waals surface area (Å²) < 4.78 is 7.40. The summed E-state index contributed by atoms with van der Waals surface area (Å²) in [6.45, 7) is 10.4. The largest absolute Gasteiger partial charge is 0.330 e. The van der Waals surface area contributed by atoms with Gasteiger partial charge in [-0.25, -0.2) is 0 Å². The van der Waals surface area contributed by atoms with Gasteiger partial charge in [-0.3, -0.25) is 4.57 Å². The highest BCUT2D eigenvalue weighted by Gasteiger charge is 2.26. The molecule has 0 radical (unpaired) electrons. The third-order valence-electron chi connectivity index (χ3n) is 12.9. The second-order valence-electron chi connectivity index (χ2n) is 16.5. The number of allylic oxidation sites excluding steroid dienone is 6. The van der Waals surface area contributed by atoms with Gasteiger partial charge in [-0.15, -0.1) is 0 Å². The molecule has 3 heterocycles. The van der Waals surface area contributed by atoms with Gasteiger partial charge < -0.3 is 14.0 Å². The fourth-order valence-corrected chi connectivity index (χ4v) is 9.94. The molecule has 0 aliphatic rings. The van der Waals surface area contributed by atoms with Gasteiger partial charge in [-0.1, -0.05) is 172 Å². The quantitative estimate of drug-likeness (QED) is 0.132. The van der Waals surface area contributed by atoms with Crippen molar-refractivity contribution in [2.24, 2.45) is 0 Å². The van der Waals surface area contributed by atoms with E-state index in [2.05, 4.69) is 258 Å². The van der Waals surface area contributed by atoms with Crippen molar-refractivity contribution in [3.8, 4) is 28.2 Å². The number of hydrogen-bond acceptors (Lipinski definition) is 1. The van der Waals surface area contributed by atoms with Crippen molar-refractivity contribution in [2.75, 3.05) is 11.9 Å². The van der Waals surface area contributed by atoms with Crippen LogP contribution in [-0.4, -0.2) is 20.7 Å². The zero-order valence-electron chi connectivity index (χ0n) is 38.6. The molecule has 0 atom stereocenters. The Morgan fingerprint density at radius 2 is 1.00 bits per heavy atom. The number of anilines is 2. The molecule has 4 nitrogen and oxygen atoms in total. The fourth-order valence-electron chi connectivity index (χ4n) is 9.94. The monoisotopic (exact) mass is 854 g/mol. The summed E-state index contributed by atoms with van der Waals surface area (Å²) in [6.07, 6.45) is 10.7. The van der Waals surface area contributed by atoms with Crippen molar-refractivity contribution in [1.82, 2.24) is 13.7 Å². The highest BCUT2D eigenvalue weighted by Crippen LogP contribution is 2.46. The van der Waals surface area contributed by atoms with Gasteiger partial charge in [0.1, 0.15) is 5.82 Å². The van der Waals surface area contributed by atoms with E-state index in [9.17, 15) is 0 Å². The summed E-state index contributed by atoms with van der Waals surface area (Å²) in [5.74, 6) is 1.10. The molecule has 11 rings (SSSR count). The third kappa shape index (κ3) is 6.94. The number of fused-ring (bicyclic) bond motifs is 8. The molecule has 0 bridgehead atoms. The summed E-state index contributed by atoms with van der Waals surface area (Å²) in [5.41, 5.74) is 16.3. The molecule has 3 aromatic heterocycles. The average molecular weight is 855 g/mol. The summed E-state index contributed by atoms with van der Waals surface area (Å²) in [6, 6.07) is 68.7. The number of aromatic nitrogens is 3. The first kappa shape index (κ1) is 41.9. The Kier molecular flexibility index (Phi) is 11.3. The van der Waals surface area contributed by atoms with Crippen LogP contribution >= 0.6 is 0 Å². The molecule has 0 N–H and O–H groups in total. The number of nitrogens with zero attached hydrogens (tertiary/aromatic N) is 4. The fraction of sp³-hybridized carbons (Fsp3) is 0.0968. The number of para-hydroxylation sites is 4. The Morgan fingerprint density at radius 1 is 0.470 bits per heavy atom. The van der Waals surface area contributed by atoms with Gasteiger partial charge in [0.05, 0.1) is 27.6 Å². The van der Waals surface area contributed by atoms with Crippen LogP contribution in [0, 0.1) is 6.92 Å². The summed E-state index contributed by atoms with van der Waals surface area (Å²) in [5, 5.41) is 6.13. The van der Waals surface area contributed by atoms with E-state index in [1.165, 1.54) is 76.8 Å². The molecular weight excluding hydrogens is 801 g/mol. The molecule has 66 heavy (non-hydrogen) atoms. The van der Waals surface area contributed by atoms with Crippen molar-refractivity contribution in [1.29, 1.82) is 0 Å². The molecule has 0 fully saturated rings. The molecule has 11 aromatic rings. The van der Waals surface area contributed by atoms with Crippen LogP contribution in [0.15, 0.2) is 218 Å². The second-order valence-corrected chi connectivity index (χ2v) is 16.5. The standard InChI is InChI=1S/C60H48N4.C2H6/c1-5-7-10-22-42(6-2)53-40-47(36-35-41(53)3)64-56-34-20-17-31-52(56)57(43-23-11-8-12-24-43)60(64)61(4)45-27-21-28-46(39-45)63-55-33-19-16-30-49(55)51-38-37-50-48-29-15-18-32-54(48)62(58(50)59(51)63)44-25-13-9-14-26-44;1-2/h5-40H,1-4H3;1-2H3/b7-5-,22-10-,42-6-;. The lowest BCUT2D eigenvalue weighted by molar-refractivity contribution is 1.04. The molecule has 0 unspecified atom stereocenters. The lowest BCUT2D eigenvalue weighted by Gasteiger charge is -2.25. The first-order valence-corrected chi connectivity index (χ1v) is 23.2.